The normalized spacial score (nSPS) is 21.9. The van der Waals surface area contributed by atoms with E-state index in [4.69, 9.17) is 11.6 Å². The summed E-state index contributed by atoms with van der Waals surface area (Å²) >= 11 is 6.21. The number of rotatable bonds is 3. The molecule has 1 aromatic carbocycles. The van der Waals surface area contributed by atoms with Crippen LogP contribution < -0.4 is 0 Å². The van der Waals surface area contributed by atoms with Crippen molar-refractivity contribution in [1.29, 1.82) is 0 Å². The van der Waals surface area contributed by atoms with E-state index in [-0.39, 0.29) is 17.2 Å². The second-order valence-corrected chi connectivity index (χ2v) is 7.52. The van der Waals surface area contributed by atoms with Crippen molar-refractivity contribution in [3.05, 3.63) is 47.0 Å². The van der Waals surface area contributed by atoms with Crippen molar-refractivity contribution in [3.63, 3.8) is 0 Å². The summed E-state index contributed by atoms with van der Waals surface area (Å²) in [5.41, 5.74) is 1.09. The first-order chi connectivity index (χ1) is 11.6. The molecule has 6 heteroatoms. The van der Waals surface area contributed by atoms with Crippen molar-refractivity contribution in [2.75, 3.05) is 13.1 Å². The van der Waals surface area contributed by atoms with E-state index in [0.29, 0.717) is 11.4 Å². The maximum Gasteiger partial charge on any atom is 0.227 e. The van der Waals surface area contributed by atoms with Crippen molar-refractivity contribution in [1.82, 2.24) is 19.7 Å². The fourth-order valence-electron chi connectivity index (χ4n) is 4.18. The summed E-state index contributed by atoms with van der Waals surface area (Å²) in [7, 11) is 1.98. The zero-order valence-corrected chi connectivity index (χ0v) is 14.5. The third-order valence-electron chi connectivity index (χ3n) is 5.71. The van der Waals surface area contributed by atoms with Crippen LogP contribution >= 0.6 is 11.6 Å². The van der Waals surface area contributed by atoms with Crippen LogP contribution in [0.15, 0.2) is 30.6 Å². The van der Waals surface area contributed by atoms with Crippen molar-refractivity contribution in [2.45, 2.75) is 31.6 Å². The van der Waals surface area contributed by atoms with Crippen molar-refractivity contribution in [3.8, 4) is 0 Å². The van der Waals surface area contributed by atoms with Crippen LogP contribution in [0.5, 0.6) is 0 Å². The lowest BCUT2D eigenvalue weighted by atomic mass is 9.62. The van der Waals surface area contributed by atoms with Gasteiger partial charge in [-0.2, -0.15) is 0 Å². The van der Waals surface area contributed by atoms with Crippen LogP contribution in [0.3, 0.4) is 0 Å². The minimum absolute atomic E-state index is 0.152. The fourth-order valence-corrected chi connectivity index (χ4v) is 4.38. The smallest absolute Gasteiger partial charge is 0.227 e. The van der Waals surface area contributed by atoms with E-state index in [9.17, 15) is 4.79 Å². The maximum absolute atomic E-state index is 12.8. The number of aryl methyl sites for hydroxylation is 1. The highest BCUT2D eigenvalue weighted by atomic mass is 35.5. The summed E-state index contributed by atoms with van der Waals surface area (Å²) in [6, 6.07) is 7.58. The standard InChI is InChI=1S/C18H21ClN4O/c1-22-12-20-21-17(22)14-10-23(11-18(14)7-4-8-18)16(24)9-13-5-2-3-6-15(13)19/h2-3,5-6,12,14H,4,7-11H2,1H3. The topological polar surface area (TPSA) is 51.0 Å². The molecule has 4 rings (SSSR count). The Bertz CT molecular complexity index is 768. The summed E-state index contributed by atoms with van der Waals surface area (Å²) in [6.07, 6.45) is 5.68. The monoisotopic (exact) mass is 344 g/mol. The molecule has 2 aliphatic rings. The van der Waals surface area contributed by atoms with Gasteiger partial charge in [0, 0.05) is 31.1 Å². The van der Waals surface area contributed by atoms with Crippen LogP contribution in [0.25, 0.3) is 0 Å². The van der Waals surface area contributed by atoms with E-state index in [0.717, 1.165) is 24.5 Å². The summed E-state index contributed by atoms with van der Waals surface area (Å²) in [6.45, 7) is 1.56. The van der Waals surface area contributed by atoms with Crippen LogP contribution in [-0.4, -0.2) is 38.7 Å². The number of benzene rings is 1. The zero-order valence-electron chi connectivity index (χ0n) is 13.8. The van der Waals surface area contributed by atoms with E-state index in [1.165, 1.54) is 19.3 Å². The Kier molecular flexibility index (Phi) is 3.83. The average molecular weight is 345 g/mol. The van der Waals surface area contributed by atoms with Gasteiger partial charge in [-0.1, -0.05) is 36.2 Å². The SMILES string of the molecule is Cn1cnnc1C1CN(C(=O)Cc2ccccc2Cl)CC12CCC2. The molecular weight excluding hydrogens is 324 g/mol. The fraction of sp³-hybridized carbons (Fsp3) is 0.500. The molecule has 126 valence electrons. The molecule has 1 aromatic heterocycles. The maximum atomic E-state index is 12.8. The van der Waals surface area contributed by atoms with E-state index >= 15 is 0 Å². The zero-order chi connectivity index (χ0) is 16.7. The molecule has 1 saturated carbocycles. The third kappa shape index (κ3) is 2.51. The van der Waals surface area contributed by atoms with E-state index in [2.05, 4.69) is 10.2 Å². The van der Waals surface area contributed by atoms with Gasteiger partial charge in [0.25, 0.3) is 0 Å². The van der Waals surface area contributed by atoms with Crippen LogP contribution in [0.1, 0.15) is 36.6 Å². The van der Waals surface area contributed by atoms with Gasteiger partial charge in [-0.25, -0.2) is 0 Å². The second-order valence-electron chi connectivity index (χ2n) is 7.11. The van der Waals surface area contributed by atoms with Crippen molar-refractivity contribution < 1.29 is 4.79 Å². The largest absolute Gasteiger partial charge is 0.341 e. The summed E-state index contributed by atoms with van der Waals surface area (Å²) in [4.78, 5) is 14.8. The first kappa shape index (κ1) is 15.6. The summed E-state index contributed by atoms with van der Waals surface area (Å²) in [5, 5.41) is 9.01. The number of hydrogen-bond acceptors (Lipinski definition) is 3. The third-order valence-corrected chi connectivity index (χ3v) is 6.08. The van der Waals surface area contributed by atoms with Gasteiger partial charge >= 0.3 is 0 Å². The lowest BCUT2D eigenvalue weighted by molar-refractivity contribution is -0.130. The minimum atomic E-state index is 0.152. The molecule has 1 unspecified atom stereocenters. The minimum Gasteiger partial charge on any atom is -0.341 e. The molecule has 0 N–H and O–H groups in total. The number of aromatic nitrogens is 3. The van der Waals surface area contributed by atoms with E-state index in [1.807, 2.05) is 40.8 Å². The molecule has 0 bridgehead atoms. The van der Waals surface area contributed by atoms with E-state index < -0.39 is 0 Å². The Morgan fingerprint density at radius 3 is 2.79 bits per heavy atom. The van der Waals surface area contributed by atoms with Crippen molar-refractivity contribution >= 4 is 17.5 Å². The van der Waals surface area contributed by atoms with Crippen LogP contribution in [0, 0.1) is 5.41 Å². The second kappa shape index (κ2) is 5.88. The lowest BCUT2D eigenvalue weighted by Gasteiger charge is -2.42. The molecule has 1 aliphatic heterocycles. The molecular formula is C18H21ClN4O. The van der Waals surface area contributed by atoms with Gasteiger partial charge < -0.3 is 9.47 Å². The summed E-state index contributed by atoms with van der Waals surface area (Å²) < 4.78 is 1.99. The predicted molar refractivity (Wildman–Crippen MR) is 91.8 cm³/mol. The molecule has 2 aromatic rings. The molecule has 1 saturated heterocycles. The number of carbonyl (C=O) groups is 1. The molecule has 0 radical (unpaired) electrons. The lowest BCUT2D eigenvalue weighted by Crippen LogP contribution is -2.38. The molecule has 2 heterocycles. The molecule has 1 amide bonds. The van der Waals surface area contributed by atoms with Gasteiger partial charge in [0.15, 0.2) is 0 Å². The number of hydrogen-bond donors (Lipinski definition) is 0. The highest BCUT2D eigenvalue weighted by Crippen LogP contribution is 2.55. The number of halogens is 1. The van der Waals surface area contributed by atoms with Crippen LogP contribution in [-0.2, 0) is 18.3 Å². The molecule has 24 heavy (non-hydrogen) atoms. The Balaban J connectivity index is 1.54. The Morgan fingerprint density at radius 1 is 1.38 bits per heavy atom. The number of nitrogens with zero attached hydrogens (tertiary/aromatic N) is 4. The van der Waals surface area contributed by atoms with Gasteiger partial charge in [0.05, 0.1) is 6.42 Å². The average Bonchev–Trinajstić information content (AvgIpc) is 3.12. The number of carbonyl (C=O) groups excluding carboxylic acids is 1. The number of likely N-dealkylation sites (tertiary alicyclic amines) is 1. The van der Waals surface area contributed by atoms with Gasteiger partial charge in [-0.3, -0.25) is 4.79 Å². The molecule has 2 fully saturated rings. The molecule has 1 aliphatic carbocycles. The predicted octanol–water partition coefficient (Wildman–Crippen LogP) is 2.81. The van der Waals surface area contributed by atoms with Gasteiger partial charge in [-0.05, 0) is 29.9 Å². The quantitative estimate of drug-likeness (QED) is 0.860. The van der Waals surface area contributed by atoms with Crippen LogP contribution in [0.4, 0.5) is 0 Å². The Labute approximate surface area is 146 Å². The molecule has 1 atom stereocenters. The van der Waals surface area contributed by atoms with Crippen LogP contribution in [0.2, 0.25) is 5.02 Å². The first-order valence-corrected chi connectivity index (χ1v) is 8.82. The highest BCUT2D eigenvalue weighted by Gasteiger charge is 2.53. The highest BCUT2D eigenvalue weighted by molar-refractivity contribution is 6.31. The first-order valence-electron chi connectivity index (χ1n) is 8.44. The Morgan fingerprint density at radius 2 is 2.17 bits per heavy atom. The van der Waals surface area contributed by atoms with E-state index in [1.54, 1.807) is 6.33 Å². The van der Waals surface area contributed by atoms with Crippen molar-refractivity contribution in [2.24, 2.45) is 12.5 Å². The van der Waals surface area contributed by atoms with Gasteiger partial charge in [0.1, 0.15) is 12.2 Å². The summed E-state index contributed by atoms with van der Waals surface area (Å²) in [5.74, 6) is 1.44. The van der Waals surface area contributed by atoms with Gasteiger partial charge in [-0.15, -0.1) is 10.2 Å². The molecule has 1 spiro atoms. The van der Waals surface area contributed by atoms with Gasteiger partial charge in [0.2, 0.25) is 5.91 Å². The Hall–Kier alpha value is -1.88. The number of amides is 1. The molecule has 5 nitrogen and oxygen atoms in total.